The van der Waals surface area contributed by atoms with Crippen molar-refractivity contribution >= 4 is 0 Å². The molecule has 0 atom stereocenters. The fourth-order valence-corrected chi connectivity index (χ4v) is 1.83. The molecule has 0 aliphatic carbocycles. The Labute approximate surface area is 118 Å². The molecule has 2 aromatic rings. The molecule has 0 aliphatic rings. The number of nitrogens with zero attached hydrogens (tertiary/aromatic N) is 1. The van der Waals surface area contributed by atoms with Crippen LogP contribution in [0.15, 0.2) is 36.4 Å². The van der Waals surface area contributed by atoms with Gasteiger partial charge in [0.15, 0.2) is 0 Å². The van der Waals surface area contributed by atoms with E-state index in [1.807, 2.05) is 19.1 Å². The lowest BCUT2D eigenvalue weighted by Gasteiger charge is -2.11. The molecule has 0 bridgehead atoms. The molecule has 1 aromatic carbocycles. The van der Waals surface area contributed by atoms with Crippen molar-refractivity contribution in [2.45, 2.75) is 33.4 Å². The Kier molecular flexibility index (Phi) is 4.69. The van der Waals surface area contributed by atoms with E-state index >= 15 is 0 Å². The minimum Gasteiger partial charge on any atom is -0.439 e. The summed E-state index contributed by atoms with van der Waals surface area (Å²) in [6.45, 7) is 6.86. The predicted octanol–water partition coefficient (Wildman–Crippen LogP) is 3.82. The van der Waals surface area contributed by atoms with E-state index in [4.69, 9.17) is 4.74 Å². The van der Waals surface area contributed by atoms with Crippen molar-refractivity contribution in [1.29, 1.82) is 0 Å². The standard InChI is InChI=1S/C16H19FN2O/c1-11(2)18-10-13-7-12(3)19-16(8-13)20-15-6-4-5-14(17)9-15/h4-9,11,18H,10H2,1-3H3. The second-order valence-electron chi connectivity index (χ2n) is 5.05. The molecule has 0 aliphatic heterocycles. The van der Waals surface area contributed by atoms with Gasteiger partial charge in [0.2, 0.25) is 5.88 Å². The molecule has 106 valence electrons. The maximum absolute atomic E-state index is 13.1. The molecule has 1 heterocycles. The second-order valence-corrected chi connectivity index (χ2v) is 5.05. The van der Waals surface area contributed by atoms with Gasteiger partial charge in [-0.2, -0.15) is 0 Å². The number of halogens is 1. The Bertz CT molecular complexity index is 584. The lowest BCUT2D eigenvalue weighted by Crippen LogP contribution is -2.21. The molecule has 20 heavy (non-hydrogen) atoms. The van der Waals surface area contributed by atoms with E-state index < -0.39 is 0 Å². The number of pyridine rings is 1. The molecule has 0 radical (unpaired) electrons. The molecule has 0 saturated carbocycles. The number of aromatic nitrogens is 1. The molecule has 3 nitrogen and oxygen atoms in total. The minimum atomic E-state index is -0.322. The Balaban J connectivity index is 2.15. The van der Waals surface area contributed by atoms with E-state index in [-0.39, 0.29) is 5.82 Å². The van der Waals surface area contributed by atoms with E-state index in [1.54, 1.807) is 12.1 Å². The number of benzene rings is 1. The zero-order valence-corrected chi connectivity index (χ0v) is 12.0. The summed E-state index contributed by atoms with van der Waals surface area (Å²) in [5, 5.41) is 3.35. The van der Waals surface area contributed by atoms with Gasteiger partial charge in [0.05, 0.1) is 0 Å². The van der Waals surface area contributed by atoms with Gasteiger partial charge in [-0.1, -0.05) is 19.9 Å². The first-order chi connectivity index (χ1) is 9.52. The smallest absolute Gasteiger partial charge is 0.219 e. The number of aryl methyl sites for hydroxylation is 1. The van der Waals surface area contributed by atoms with Gasteiger partial charge in [0.1, 0.15) is 11.6 Å². The van der Waals surface area contributed by atoms with Crippen LogP contribution in [0.2, 0.25) is 0 Å². The quantitative estimate of drug-likeness (QED) is 0.900. The van der Waals surface area contributed by atoms with Crippen LogP contribution < -0.4 is 10.1 Å². The van der Waals surface area contributed by atoms with Crippen LogP contribution in [0.25, 0.3) is 0 Å². The van der Waals surface area contributed by atoms with Crippen LogP contribution >= 0.6 is 0 Å². The van der Waals surface area contributed by atoms with Gasteiger partial charge >= 0.3 is 0 Å². The van der Waals surface area contributed by atoms with Crippen molar-refractivity contribution in [3.63, 3.8) is 0 Å². The van der Waals surface area contributed by atoms with Crippen LogP contribution in [-0.4, -0.2) is 11.0 Å². The predicted molar refractivity (Wildman–Crippen MR) is 77.4 cm³/mol. The molecule has 0 amide bonds. The third-order valence-electron chi connectivity index (χ3n) is 2.72. The average molecular weight is 274 g/mol. The van der Waals surface area contributed by atoms with Gasteiger partial charge in [-0.3, -0.25) is 0 Å². The Morgan fingerprint density at radius 3 is 2.75 bits per heavy atom. The molecule has 0 fully saturated rings. The zero-order chi connectivity index (χ0) is 14.5. The molecular weight excluding hydrogens is 255 g/mol. The molecule has 0 unspecified atom stereocenters. The number of rotatable bonds is 5. The highest BCUT2D eigenvalue weighted by molar-refractivity contribution is 5.30. The van der Waals surface area contributed by atoms with Gasteiger partial charge in [-0.05, 0) is 30.7 Å². The summed E-state index contributed by atoms with van der Waals surface area (Å²) in [6, 6.07) is 10.3. The van der Waals surface area contributed by atoms with Crippen LogP contribution in [0.3, 0.4) is 0 Å². The van der Waals surface area contributed by atoms with E-state index in [2.05, 4.69) is 24.1 Å². The van der Waals surface area contributed by atoms with Crippen molar-refractivity contribution < 1.29 is 9.13 Å². The second kappa shape index (κ2) is 6.48. The van der Waals surface area contributed by atoms with Crippen LogP contribution in [-0.2, 0) is 6.54 Å². The Morgan fingerprint density at radius 2 is 2.05 bits per heavy atom. The van der Waals surface area contributed by atoms with Crippen molar-refractivity contribution in [1.82, 2.24) is 10.3 Å². The van der Waals surface area contributed by atoms with Crippen LogP contribution in [0.5, 0.6) is 11.6 Å². The molecule has 0 spiro atoms. The maximum Gasteiger partial charge on any atom is 0.219 e. The third-order valence-corrected chi connectivity index (χ3v) is 2.72. The molecule has 1 N–H and O–H groups in total. The fourth-order valence-electron chi connectivity index (χ4n) is 1.83. The first-order valence-corrected chi connectivity index (χ1v) is 6.67. The number of hydrogen-bond donors (Lipinski definition) is 1. The summed E-state index contributed by atoms with van der Waals surface area (Å²) in [6.07, 6.45) is 0. The number of hydrogen-bond acceptors (Lipinski definition) is 3. The lowest BCUT2D eigenvalue weighted by molar-refractivity contribution is 0.455. The summed E-state index contributed by atoms with van der Waals surface area (Å²) in [5.74, 6) is 0.610. The van der Waals surface area contributed by atoms with Crippen molar-refractivity contribution in [3.05, 3.63) is 53.5 Å². The summed E-state index contributed by atoms with van der Waals surface area (Å²) in [7, 11) is 0. The highest BCUT2D eigenvalue weighted by Gasteiger charge is 2.04. The van der Waals surface area contributed by atoms with E-state index in [9.17, 15) is 4.39 Å². The average Bonchev–Trinajstić information content (AvgIpc) is 2.35. The first kappa shape index (κ1) is 14.5. The zero-order valence-electron chi connectivity index (χ0n) is 12.0. The lowest BCUT2D eigenvalue weighted by atomic mass is 10.2. The molecule has 0 saturated heterocycles. The monoisotopic (exact) mass is 274 g/mol. The summed E-state index contributed by atoms with van der Waals surface area (Å²) in [4.78, 5) is 4.31. The largest absolute Gasteiger partial charge is 0.439 e. The van der Waals surface area contributed by atoms with E-state index in [1.165, 1.54) is 12.1 Å². The Morgan fingerprint density at radius 1 is 1.25 bits per heavy atom. The topological polar surface area (TPSA) is 34.1 Å². The first-order valence-electron chi connectivity index (χ1n) is 6.67. The summed E-state index contributed by atoms with van der Waals surface area (Å²) >= 11 is 0. The van der Waals surface area contributed by atoms with Crippen LogP contribution in [0.1, 0.15) is 25.1 Å². The normalized spacial score (nSPS) is 10.8. The third kappa shape index (κ3) is 4.31. The van der Waals surface area contributed by atoms with Crippen LogP contribution in [0, 0.1) is 12.7 Å². The van der Waals surface area contributed by atoms with Gasteiger partial charge in [-0.15, -0.1) is 0 Å². The summed E-state index contributed by atoms with van der Waals surface area (Å²) in [5.41, 5.74) is 1.97. The van der Waals surface area contributed by atoms with Crippen molar-refractivity contribution in [2.75, 3.05) is 0 Å². The Hall–Kier alpha value is -1.94. The van der Waals surface area contributed by atoms with Gasteiger partial charge < -0.3 is 10.1 Å². The van der Waals surface area contributed by atoms with Crippen molar-refractivity contribution in [2.24, 2.45) is 0 Å². The number of nitrogens with one attached hydrogen (secondary N) is 1. The van der Waals surface area contributed by atoms with Crippen molar-refractivity contribution in [3.8, 4) is 11.6 Å². The minimum absolute atomic E-state index is 0.322. The van der Waals surface area contributed by atoms with E-state index in [0.29, 0.717) is 17.7 Å². The fraction of sp³-hybridized carbons (Fsp3) is 0.312. The summed E-state index contributed by atoms with van der Waals surface area (Å²) < 4.78 is 18.7. The molecule has 2 rings (SSSR count). The van der Waals surface area contributed by atoms with Gasteiger partial charge in [-0.25, -0.2) is 9.37 Å². The maximum atomic E-state index is 13.1. The highest BCUT2D eigenvalue weighted by atomic mass is 19.1. The van der Waals surface area contributed by atoms with E-state index in [0.717, 1.165) is 17.8 Å². The molecule has 4 heteroatoms. The molecule has 1 aromatic heterocycles. The van der Waals surface area contributed by atoms with Crippen LogP contribution in [0.4, 0.5) is 4.39 Å². The van der Waals surface area contributed by atoms with Gasteiger partial charge in [0, 0.05) is 30.4 Å². The number of ether oxygens (including phenoxy) is 1. The van der Waals surface area contributed by atoms with Gasteiger partial charge in [0.25, 0.3) is 0 Å². The molecular formula is C16H19FN2O. The SMILES string of the molecule is Cc1cc(CNC(C)C)cc(Oc2cccc(F)c2)n1. The highest BCUT2D eigenvalue weighted by Crippen LogP contribution is 2.21.